The molecule has 1 aromatic carbocycles. The molecule has 0 saturated heterocycles. The lowest BCUT2D eigenvalue weighted by Crippen LogP contribution is -2.30. The Hall–Kier alpha value is -2.75. The van der Waals surface area contributed by atoms with Crippen molar-refractivity contribution in [2.24, 2.45) is 0 Å². The second-order valence-electron chi connectivity index (χ2n) is 3.80. The molecular weight excluding hydrogens is 344 g/mol. The van der Waals surface area contributed by atoms with Crippen LogP contribution in [0.25, 0.3) is 0 Å². The minimum absolute atomic E-state index is 0.196. The van der Waals surface area contributed by atoms with Crippen LogP contribution in [0.5, 0.6) is 0 Å². The Bertz CT molecular complexity index is 691. The van der Waals surface area contributed by atoms with Crippen molar-refractivity contribution >= 4 is 39.2 Å². The fraction of sp³-hybridized carbons (Fsp3) is 0. The van der Waals surface area contributed by atoms with Gasteiger partial charge >= 0.3 is 5.69 Å². The molecule has 1 amide bonds. The number of hydrazine groups is 1. The average Bonchev–Trinajstić information content (AvgIpc) is 2.45. The second kappa shape index (κ2) is 6.13. The van der Waals surface area contributed by atoms with Crippen molar-refractivity contribution < 1.29 is 9.72 Å². The summed E-state index contributed by atoms with van der Waals surface area (Å²) in [6, 6.07) is 6.56. The highest BCUT2D eigenvalue weighted by Gasteiger charge is 2.21. The Labute approximate surface area is 126 Å². The highest BCUT2D eigenvalue weighted by molar-refractivity contribution is 9.10. The first-order valence-corrected chi connectivity index (χ1v) is 6.35. The Morgan fingerprint density at radius 1 is 1.29 bits per heavy atom. The van der Waals surface area contributed by atoms with Crippen LogP contribution in [0.3, 0.4) is 0 Å². The van der Waals surface area contributed by atoms with Crippen molar-refractivity contribution in [2.75, 3.05) is 11.2 Å². The number of nitrogen functional groups attached to an aromatic ring is 1. The number of benzene rings is 1. The molecule has 0 aliphatic carbocycles. The van der Waals surface area contributed by atoms with Gasteiger partial charge in [-0.05, 0) is 24.3 Å². The van der Waals surface area contributed by atoms with Gasteiger partial charge in [-0.3, -0.25) is 25.8 Å². The summed E-state index contributed by atoms with van der Waals surface area (Å²) in [6.45, 7) is 0. The maximum Gasteiger partial charge on any atom is 0.354 e. The van der Waals surface area contributed by atoms with E-state index >= 15 is 0 Å². The van der Waals surface area contributed by atoms with Gasteiger partial charge in [0.15, 0.2) is 0 Å². The molecule has 1 heterocycles. The summed E-state index contributed by atoms with van der Waals surface area (Å²) in [5.41, 5.74) is 9.94. The van der Waals surface area contributed by atoms with Gasteiger partial charge in [-0.1, -0.05) is 15.9 Å². The molecule has 0 bridgehead atoms. The molecule has 2 rings (SSSR count). The maximum absolute atomic E-state index is 11.9. The van der Waals surface area contributed by atoms with Crippen LogP contribution >= 0.6 is 15.9 Å². The number of nitrogens with two attached hydrogens (primary N) is 1. The van der Waals surface area contributed by atoms with Crippen molar-refractivity contribution in [3.05, 3.63) is 50.7 Å². The molecule has 9 nitrogen and oxygen atoms in total. The van der Waals surface area contributed by atoms with E-state index in [1.807, 2.05) is 0 Å². The van der Waals surface area contributed by atoms with E-state index in [0.29, 0.717) is 5.56 Å². The summed E-state index contributed by atoms with van der Waals surface area (Å²) in [4.78, 5) is 29.2. The van der Waals surface area contributed by atoms with Crippen LogP contribution in [0.15, 0.2) is 35.1 Å². The van der Waals surface area contributed by atoms with Crippen LogP contribution in [0.1, 0.15) is 10.4 Å². The molecule has 0 saturated carbocycles. The zero-order chi connectivity index (χ0) is 15.4. The molecule has 0 fully saturated rings. The summed E-state index contributed by atoms with van der Waals surface area (Å²) in [5.74, 6) is -0.970. The Morgan fingerprint density at radius 3 is 2.57 bits per heavy atom. The van der Waals surface area contributed by atoms with Gasteiger partial charge in [0.25, 0.3) is 5.91 Å². The number of rotatable bonds is 4. The predicted octanol–water partition coefficient (Wildman–Crippen LogP) is 1.49. The van der Waals surface area contributed by atoms with Crippen LogP contribution < -0.4 is 16.6 Å². The molecule has 2 aromatic rings. The second-order valence-corrected chi connectivity index (χ2v) is 4.71. The number of carbonyl (C=O) groups is 1. The Kier molecular flexibility index (Phi) is 4.28. The lowest BCUT2D eigenvalue weighted by atomic mass is 10.2. The van der Waals surface area contributed by atoms with Gasteiger partial charge < -0.3 is 5.73 Å². The van der Waals surface area contributed by atoms with E-state index < -0.39 is 16.5 Å². The third kappa shape index (κ3) is 3.42. The molecule has 0 aliphatic rings. The van der Waals surface area contributed by atoms with Gasteiger partial charge in [0, 0.05) is 10.0 Å². The lowest BCUT2D eigenvalue weighted by molar-refractivity contribution is -0.383. The van der Waals surface area contributed by atoms with Crippen molar-refractivity contribution in [1.29, 1.82) is 0 Å². The molecule has 1 aromatic heterocycles. The fourth-order valence-corrected chi connectivity index (χ4v) is 1.72. The quantitative estimate of drug-likeness (QED) is 0.559. The van der Waals surface area contributed by atoms with Gasteiger partial charge in [0.1, 0.15) is 6.33 Å². The number of nitro groups is 1. The molecule has 0 radical (unpaired) electrons. The predicted molar refractivity (Wildman–Crippen MR) is 78.3 cm³/mol. The highest BCUT2D eigenvalue weighted by Crippen LogP contribution is 2.25. The minimum Gasteiger partial charge on any atom is -0.378 e. The van der Waals surface area contributed by atoms with Gasteiger partial charge in [0.05, 0.1) is 4.92 Å². The molecule has 0 unspecified atom stereocenters. The van der Waals surface area contributed by atoms with Crippen LogP contribution in [-0.4, -0.2) is 20.8 Å². The first kappa shape index (κ1) is 14.7. The fourth-order valence-electron chi connectivity index (χ4n) is 1.45. The maximum atomic E-state index is 11.9. The molecule has 4 N–H and O–H groups in total. The molecular formula is C11H9BrN6O3. The molecule has 10 heteroatoms. The average molecular weight is 353 g/mol. The van der Waals surface area contributed by atoms with Crippen molar-refractivity contribution in [3.63, 3.8) is 0 Å². The molecule has 108 valence electrons. The van der Waals surface area contributed by atoms with Crippen LogP contribution in [-0.2, 0) is 0 Å². The number of anilines is 2. The first-order valence-electron chi connectivity index (χ1n) is 5.56. The van der Waals surface area contributed by atoms with Crippen molar-refractivity contribution in [1.82, 2.24) is 15.4 Å². The summed E-state index contributed by atoms with van der Waals surface area (Å²) >= 11 is 3.25. The SMILES string of the molecule is Nc1ncnc(NNC(=O)c2ccc(Br)cc2)c1[N+](=O)[O-]. The summed E-state index contributed by atoms with van der Waals surface area (Å²) in [6.07, 6.45) is 1.05. The zero-order valence-corrected chi connectivity index (χ0v) is 12.0. The van der Waals surface area contributed by atoms with Crippen LogP contribution in [0.2, 0.25) is 0 Å². The third-order valence-electron chi connectivity index (χ3n) is 2.43. The van der Waals surface area contributed by atoms with Crippen LogP contribution in [0, 0.1) is 10.1 Å². The molecule has 0 atom stereocenters. The van der Waals surface area contributed by atoms with E-state index in [-0.39, 0.29) is 11.6 Å². The topological polar surface area (TPSA) is 136 Å². The summed E-state index contributed by atoms with van der Waals surface area (Å²) < 4.78 is 0.825. The molecule has 0 spiro atoms. The van der Waals surface area contributed by atoms with E-state index in [9.17, 15) is 14.9 Å². The first-order chi connectivity index (χ1) is 9.99. The number of amides is 1. The minimum atomic E-state index is -0.733. The van der Waals surface area contributed by atoms with Crippen molar-refractivity contribution in [3.8, 4) is 0 Å². The number of carbonyl (C=O) groups excluding carboxylic acids is 1. The summed E-state index contributed by atoms with van der Waals surface area (Å²) in [7, 11) is 0. The zero-order valence-electron chi connectivity index (χ0n) is 10.4. The Morgan fingerprint density at radius 2 is 1.95 bits per heavy atom. The number of aromatic nitrogens is 2. The largest absolute Gasteiger partial charge is 0.378 e. The third-order valence-corrected chi connectivity index (χ3v) is 2.96. The van der Waals surface area contributed by atoms with E-state index in [0.717, 1.165) is 10.8 Å². The van der Waals surface area contributed by atoms with Gasteiger partial charge in [-0.2, -0.15) is 0 Å². The number of nitrogens with zero attached hydrogens (tertiary/aromatic N) is 3. The van der Waals surface area contributed by atoms with Crippen molar-refractivity contribution in [2.45, 2.75) is 0 Å². The van der Waals surface area contributed by atoms with E-state index in [4.69, 9.17) is 5.73 Å². The molecule has 0 aliphatic heterocycles. The highest BCUT2D eigenvalue weighted by atomic mass is 79.9. The Balaban J connectivity index is 2.13. The monoisotopic (exact) mass is 352 g/mol. The van der Waals surface area contributed by atoms with E-state index in [1.165, 1.54) is 0 Å². The number of hydrogen-bond donors (Lipinski definition) is 3. The van der Waals surface area contributed by atoms with E-state index in [1.54, 1.807) is 24.3 Å². The molecule has 21 heavy (non-hydrogen) atoms. The number of hydrogen-bond acceptors (Lipinski definition) is 7. The van der Waals surface area contributed by atoms with Crippen LogP contribution in [0.4, 0.5) is 17.3 Å². The van der Waals surface area contributed by atoms with E-state index in [2.05, 4.69) is 36.7 Å². The number of nitrogens with one attached hydrogen (secondary N) is 2. The van der Waals surface area contributed by atoms with Gasteiger partial charge in [-0.25, -0.2) is 9.97 Å². The van der Waals surface area contributed by atoms with Gasteiger partial charge in [0.2, 0.25) is 11.6 Å². The standard InChI is InChI=1S/C11H9BrN6O3/c12-7-3-1-6(2-4-7)11(19)17-16-10-8(18(20)21)9(13)14-5-15-10/h1-5H,(H,17,19)(H3,13,14,15,16). The lowest BCUT2D eigenvalue weighted by Gasteiger charge is -2.08. The summed E-state index contributed by atoms with van der Waals surface area (Å²) in [5, 5.41) is 10.9. The number of halogens is 1. The smallest absolute Gasteiger partial charge is 0.354 e. The normalized spacial score (nSPS) is 9.95. The van der Waals surface area contributed by atoms with Gasteiger partial charge in [-0.15, -0.1) is 0 Å².